The van der Waals surface area contributed by atoms with E-state index in [-0.39, 0.29) is 52.0 Å². The Morgan fingerprint density at radius 1 is 0.885 bits per heavy atom. The van der Waals surface area contributed by atoms with Gasteiger partial charge in [-0.3, -0.25) is 9.59 Å². The van der Waals surface area contributed by atoms with Crippen LogP contribution in [0.5, 0.6) is 0 Å². The molecule has 0 atom stereocenters. The molecule has 0 spiro atoms. The van der Waals surface area contributed by atoms with E-state index in [0.29, 0.717) is 52.2 Å². The van der Waals surface area contributed by atoms with Crippen molar-refractivity contribution in [1.82, 2.24) is 10.6 Å². The van der Waals surface area contributed by atoms with Gasteiger partial charge in [-0.2, -0.15) is 6.42 Å². The summed E-state index contributed by atoms with van der Waals surface area (Å²) < 4.78 is 10.1. The molecule has 155 valence electrons. The van der Waals surface area contributed by atoms with E-state index in [1.165, 1.54) is 6.42 Å². The van der Waals surface area contributed by atoms with Gasteiger partial charge in [-0.1, -0.05) is 26.7 Å². The van der Waals surface area contributed by atoms with Crippen molar-refractivity contribution in [3.8, 4) is 0 Å². The molecular formula is C19H40N2O4Y-2. The number of carbonyl (C=O) groups is 2. The first-order chi connectivity index (χ1) is 11.6. The molecule has 0 aliphatic carbocycles. The van der Waals surface area contributed by atoms with Crippen LogP contribution in [0.4, 0.5) is 0 Å². The zero-order valence-electron chi connectivity index (χ0n) is 17.4. The summed E-state index contributed by atoms with van der Waals surface area (Å²) in [5.74, 6) is -0.0137. The van der Waals surface area contributed by atoms with Crippen LogP contribution in [0.15, 0.2) is 0 Å². The van der Waals surface area contributed by atoms with Crippen molar-refractivity contribution in [1.29, 1.82) is 0 Å². The molecule has 6 nitrogen and oxygen atoms in total. The fraction of sp³-hybridized carbons (Fsp3) is 0.789. The van der Waals surface area contributed by atoms with Gasteiger partial charge in [-0.15, -0.1) is 0 Å². The molecule has 0 fully saturated rings. The molecule has 0 aromatic carbocycles. The van der Waals surface area contributed by atoms with E-state index in [0.717, 1.165) is 19.3 Å². The molecule has 0 bridgehead atoms. The maximum absolute atomic E-state index is 11.5. The summed E-state index contributed by atoms with van der Waals surface area (Å²) in [5.41, 5.74) is 0. The molecule has 0 rings (SSSR count). The summed E-state index contributed by atoms with van der Waals surface area (Å²) in [5, 5.41) is 5.61. The summed E-state index contributed by atoms with van der Waals surface area (Å²) in [6.45, 7) is 11.0. The van der Waals surface area contributed by atoms with Crippen LogP contribution in [0.25, 0.3) is 0 Å². The Morgan fingerprint density at radius 2 is 1.38 bits per heavy atom. The second-order valence-electron chi connectivity index (χ2n) is 5.43. The van der Waals surface area contributed by atoms with E-state index in [1.807, 2.05) is 0 Å². The number of nitrogens with one attached hydrogen (secondary N) is 2. The molecule has 1 radical (unpaired) electrons. The van der Waals surface area contributed by atoms with E-state index in [1.54, 1.807) is 7.11 Å². The largest absolute Gasteiger partial charge is 0.382 e. The quantitative estimate of drug-likeness (QED) is 0.316. The number of rotatable bonds is 14. The molecule has 0 unspecified atom stereocenters. The topological polar surface area (TPSA) is 76.7 Å². The summed E-state index contributed by atoms with van der Waals surface area (Å²) >= 11 is 0. The first-order valence-corrected chi connectivity index (χ1v) is 9.01. The van der Waals surface area contributed by atoms with Gasteiger partial charge in [0.2, 0.25) is 11.8 Å². The van der Waals surface area contributed by atoms with Gasteiger partial charge in [-0.25, -0.2) is 0 Å². The van der Waals surface area contributed by atoms with E-state index < -0.39 is 0 Å². The second-order valence-corrected chi connectivity index (χ2v) is 5.43. The van der Waals surface area contributed by atoms with Gasteiger partial charge in [0.05, 0.1) is 13.2 Å². The maximum Gasteiger partial charge on any atom is 0.220 e. The van der Waals surface area contributed by atoms with Crippen LogP contribution in [0.3, 0.4) is 0 Å². The number of methoxy groups -OCH3 is 1. The van der Waals surface area contributed by atoms with E-state index in [9.17, 15) is 9.59 Å². The van der Waals surface area contributed by atoms with Crippen LogP contribution in [-0.2, 0) is 51.8 Å². The third-order valence-corrected chi connectivity index (χ3v) is 2.78. The molecule has 0 aliphatic rings. The van der Waals surface area contributed by atoms with E-state index in [4.69, 9.17) is 9.47 Å². The summed E-state index contributed by atoms with van der Waals surface area (Å²) in [7, 11) is 1.63. The smallest absolute Gasteiger partial charge is 0.220 e. The summed E-state index contributed by atoms with van der Waals surface area (Å²) in [4.78, 5) is 22.9. The molecule has 26 heavy (non-hydrogen) atoms. The molecule has 0 saturated heterocycles. The Hall–Kier alpha value is -0.0361. The average Bonchev–Trinajstić information content (AvgIpc) is 2.55. The standard InChI is InChI=1S/C15H29N2O4.C3H8.CH3.Y/c1-3-4-9-16-14(18)7-5-8-15(19)17-10-6-11-21-13-12-20-2;1-3-2;;/h1,3-13H2,2H3,(H,16,18)(H,17,19);3H2,1-2H3;1H3;/q-1;;-1;. The van der Waals surface area contributed by atoms with Gasteiger partial charge in [-0.05, 0) is 12.8 Å². The SMILES string of the molecule is CCC.[CH2-]CCCNC(=O)CCCC(=O)NCCCOCCOC.[CH3-].[Y]. The number of hydrogen-bond acceptors (Lipinski definition) is 4. The fourth-order valence-corrected chi connectivity index (χ4v) is 1.59. The van der Waals surface area contributed by atoms with Crippen molar-refractivity contribution in [2.45, 2.75) is 58.8 Å². The molecule has 0 aromatic rings. The Balaban J connectivity index is -0.000000450. The van der Waals surface area contributed by atoms with Crippen molar-refractivity contribution >= 4 is 11.8 Å². The molecule has 0 heterocycles. The predicted molar refractivity (Wildman–Crippen MR) is 104 cm³/mol. The second kappa shape index (κ2) is 29.7. The Kier molecular flexibility index (Phi) is 38.3. The minimum Gasteiger partial charge on any atom is -0.382 e. The summed E-state index contributed by atoms with van der Waals surface area (Å²) in [6, 6.07) is 0. The molecule has 7 heteroatoms. The monoisotopic (exact) mass is 449 g/mol. The van der Waals surface area contributed by atoms with E-state index >= 15 is 0 Å². The van der Waals surface area contributed by atoms with Crippen LogP contribution in [-0.4, -0.2) is 51.8 Å². The average molecular weight is 449 g/mol. The number of amides is 2. The maximum atomic E-state index is 11.5. The zero-order chi connectivity index (χ0) is 18.5. The van der Waals surface area contributed by atoms with Gasteiger partial charge in [0.1, 0.15) is 0 Å². The van der Waals surface area contributed by atoms with Crippen molar-refractivity contribution in [3.63, 3.8) is 0 Å². The number of unbranched alkanes of at least 4 members (excludes halogenated alkanes) is 1. The van der Waals surface area contributed by atoms with Gasteiger partial charge >= 0.3 is 0 Å². The molecule has 2 amide bonds. The number of carbonyl (C=O) groups excluding carboxylic acids is 2. The predicted octanol–water partition coefficient (Wildman–Crippen LogP) is 2.92. The van der Waals surface area contributed by atoms with Crippen LogP contribution in [0.2, 0.25) is 0 Å². The van der Waals surface area contributed by atoms with Gasteiger partial charge in [0, 0.05) is 72.4 Å². The first kappa shape index (κ1) is 33.5. The molecular weight excluding hydrogens is 409 g/mol. The van der Waals surface area contributed by atoms with Gasteiger partial charge in [0.25, 0.3) is 0 Å². The minimum absolute atomic E-state index is 0. The van der Waals surface area contributed by atoms with Crippen LogP contribution in [0, 0.1) is 14.4 Å². The Bertz CT molecular complexity index is 293. The van der Waals surface area contributed by atoms with Crippen LogP contribution in [0.1, 0.15) is 58.8 Å². The van der Waals surface area contributed by atoms with Crippen LogP contribution >= 0.6 is 0 Å². The van der Waals surface area contributed by atoms with Gasteiger partial charge in [0.15, 0.2) is 0 Å². The first-order valence-electron chi connectivity index (χ1n) is 9.01. The summed E-state index contributed by atoms with van der Waals surface area (Å²) in [6.07, 6.45) is 5.09. The van der Waals surface area contributed by atoms with Gasteiger partial charge < -0.3 is 34.5 Å². The van der Waals surface area contributed by atoms with Crippen LogP contribution < -0.4 is 10.6 Å². The fourth-order valence-electron chi connectivity index (χ4n) is 1.59. The zero-order valence-corrected chi connectivity index (χ0v) is 20.2. The normalized spacial score (nSPS) is 9.08. The number of hydrogen-bond donors (Lipinski definition) is 2. The van der Waals surface area contributed by atoms with Crippen molar-refractivity contribution in [3.05, 3.63) is 14.4 Å². The molecule has 2 N–H and O–H groups in total. The van der Waals surface area contributed by atoms with Crippen molar-refractivity contribution in [2.24, 2.45) is 0 Å². The van der Waals surface area contributed by atoms with Crippen molar-refractivity contribution in [2.75, 3.05) is 40.0 Å². The van der Waals surface area contributed by atoms with Crippen molar-refractivity contribution < 1.29 is 51.8 Å². The number of ether oxygens (including phenoxy) is 2. The molecule has 0 saturated carbocycles. The van der Waals surface area contributed by atoms with E-state index in [2.05, 4.69) is 31.4 Å². The Morgan fingerprint density at radius 3 is 1.85 bits per heavy atom. The third kappa shape index (κ3) is 31.7. The molecule has 0 aromatic heterocycles. The Labute approximate surface area is 186 Å². The third-order valence-electron chi connectivity index (χ3n) is 2.78. The molecule has 0 aliphatic heterocycles. The minimum atomic E-state index is -0.0163.